The summed E-state index contributed by atoms with van der Waals surface area (Å²) in [7, 11) is -0.913. The summed E-state index contributed by atoms with van der Waals surface area (Å²) >= 11 is 9.29. The van der Waals surface area contributed by atoms with Gasteiger partial charge in [-0.3, -0.25) is 4.21 Å². The molecule has 0 aliphatic heterocycles. The lowest BCUT2D eigenvalue weighted by Crippen LogP contribution is -2.11. The van der Waals surface area contributed by atoms with Gasteiger partial charge >= 0.3 is 0 Å². The van der Waals surface area contributed by atoms with Gasteiger partial charge in [0.1, 0.15) is 0 Å². The van der Waals surface area contributed by atoms with Crippen LogP contribution in [0.1, 0.15) is 5.56 Å². The zero-order chi connectivity index (χ0) is 10.6. The lowest BCUT2D eigenvalue weighted by atomic mass is 10.2. The van der Waals surface area contributed by atoms with E-state index < -0.39 is 10.8 Å². The molecule has 78 valence electrons. The fourth-order valence-electron chi connectivity index (χ4n) is 1.02. The zero-order valence-electron chi connectivity index (χ0n) is 7.50. The van der Waals surface area contributed by atoms with Crippen LogP contribution in [0.15, 0.2) is 22.7 Å². The standard InChI is InChI=1S/C9H11BrClNOS/c10-8-2-1-7(9(11)5-8)6-14(13)4-3-12/h1-2,5H,3-4,6,12H2. The van der Waals surface area contributed by atoms with Crippen molar-refractivity contribution in [1.29, 1.82) is 0 Å². The third-order valence-corrected chi connectivity index (χ3v) is 3.85. The van der Waals surface area contributed by atoms with E-state index >= 15 is 0 Å². The van der Waals surface area contributed by atoms with Crippen LogP contribution in [-0.4, -0.2) is 16.5 Å². The second-order valence-electron chi connectivity index (χ2n) is 2.81. The van der Waals surface area contributed by atoms with Crippen LogP contribution in [0, 0.1) is 0 Å². The predicted octanol–water partition coefficient (Wildman–Crippen LogP) is 2.31. The summed E-state index contributed by atoms with van der Waals surface area (Å²) in [5.41, 5.74) is 6.22. The highest BCUT2D eigenvalue weighted by atomic mass is 79.9. The van der Waals surface area contributed by atoms with Crippen LogP contribution in [0.3, 0.4) is 0 Å². The molecule has 0 aromatic heterocycles. The molecule has 0 bridgehead atoms. The van der Waals surface area contributed by atoms with Crippen LogP contribution in [0.2, 0.25) is 5.02 Å². The maximum absolute atomic E-state index is 11.4. The van der Waals surface area contributed by atoms with Gasteiger partial charge in [0, 0.05) is 32.6 Å². The Bertz CT molecular complexity index is 346. The Kier molecular flexibility index (Phi) is 5.09. The molecule has 2 N–H and O–H groups in total. The maximum Gasteiger partial charge on any atom is 0.0500 e. The second-order valence-corrected chi connectivity index (χ2v) is 5.71. The van der Waals surface area contributed by atoms with Crippen LogP contribution in [0.25, 0.3) is 0 Å². The van der Waals surface area contributed by atoms with Crippen molar-refractivity contribution in [3.63, 3.8) is 0 Å². The monoisotopic (exact) mass is 295 g/mol. The molecule has 0 aliphatic carbocycles. The Morgan fingerprint density at radius 3 is 2.79 bits per heavy atom. The van der Waals surface area contributed by atoms with E-state index in [1.165, 1.54) is 0 Å². The van der Waals surface area contributed by atoms with Gasteiger partial charge in [0.15, 0.2) is 0 Å². The normalized spacial score (nSPS) is 12.8. The van der Waals surface area contributed by atoms with Gasteiger partial charge in [0.05, 0.1) is 5.75 Å². The minimum absolute atomic E-state index is 0.445. The van der Waals surface area contributed by atoms with E-state index in [0.29, 0.717) is 23.1 Å². The van der Waals surface area contributed by atoms with Gasteiger partial charge in [-0.25, -0.2) is 0 Å². The zero-order valence-corrected chi connectivity index (χ0v) is 10.7. The molecule has 0 saturated heterocycles. The van der Waals surface area contributed by atoms with Gasteiger partial charge in [-0.2, -0.15) is 0 Å². The van der Waals surface area contributed by atoms with E-state index in [9.17, 15) is 4.21 Å². The third kappa shape index (κ3) is 3.69. The average molecular weight is 297 g/mol. The molecule has 14 heavy (non-hydrogen) atoms. The Morgan fingerprint density at radius 1 is 1.50 bits per heavy atom. The van der Waals surface area contributed by atoms with Crippen LogP contribution < -0.4 is 5.73 Å². The van der Waals surface area contributed by atoms with E-state index in [2.05, 4.69) is 15.9 Å². The van der Waals surface area contributed by atoms with Crippen molar-refractivity contribution >= 4 is 38.3 Å². The minimum atomic E-state index is -0.913. The van der Waals surface area contributed by atoms with Crippen molar-refractivity contribution in [3.05, 3.63) is 33.3 Å². The lowest BCUT2D eigenvalue weighted by molar-refractivity contribution is 0.682. The van der Waals surface area contributed by atoms with E-state index in [1.807, 2.05) is 12.1 Å². The first-order chi connectivity index (χ1) is 6.63. The van der Waals surface area contributed by atoms with Gasteiger partial charge in [-0.1, -0.05) is 33.6 Å². The molecule has 1 unspecified atom stereocenters. The molecule has 1 rings (SSSR count). The highest BCUT2D eigenvalue weighted by molar-refractivity contribution is 9.10. The summed E-state index contributed by atoms with van der Waals surface area (Å²) in [6.07, 6.45) is 0. The number of halogens is 2. The highest BCUT2D eigenvalue weighted by Crippen LogP contribution is 2.22. The van der Waals surface area contributed by atoms with Crippen molar-refractivity contribution in [1.82, 2.24) is 0 Å². The van der Waals surface area contributed by atoms with Crippen LogP contribution in [0.5, 0.6) is 0 Å². The van der Waals surface area contributed by atoms with Gasteiger partial charge in [-0.15, -0.1) is 0 Å². The number of hydrogen-bond donors (Lipinski definition) is 1. The first kappa shape index (κ1) is 12.2. The largest absolute Gasteiger partial charge is 0.330 e. The van der Waals surface area contributed by atoms with E-state index in [1.54, 1.807) is 6.07 Å². The minimum Gasteiger partial charge on any atom is -0.330 e. The second kappa shape index (κ2) is 5.85. The molecule has 0 heterocycles. The molecule has 0 saturated carbocycles. The Morgan fingerprint density at radius 2 is 2.21 bits per heavy atom. The molecule has 0 aliphatic rings. The predicted molar refractivity (Wildman–Crippen MR) is 64.9 cm³/mol. The fourth-order valence-corrected chi connectivity index (χ4v) is 2.84. The summed E-state index contributed by atoms with van der Waals surface area (Å²) in [5.74, 6) is 0.996. The summed E-state index contributed by atoms with van der Waals surface area (Å²) in [5, 5.41) is 0.643. The molecule has 1 aromatic carbocycles. The SMILES string of the molecule is NCCS(=O)Cc1ccc(Br)cc1Cl. The summed E-state index contributed by atoms with van der Waals surface area (Å²) in [6.45, 7) is 0.445. The first-order valence-electron chi connectivity index (χ1n) is 4.12. The van der Waals surface area contributed by atoms with Crippen molar-refractivity contribution in [2.24, 2.45) is 5.73 Å². The molecule has 0 spiro atoms. The topological polar surface area (TPSA) is 43.1 Å². The van der Waals surface area contributed by atoms with Crippen LogP contribution in [0.4, 0.5) is 0 Å². The summed E-state index contributed by atoms with van der Waals surface area (Å²) in [4.78, 5) is 0. The Labute approximate surface area is 99.4 Å². The Balaban J connectivity index is 2.72. The Hall–Kier alpha value is 0.1000. The third-order valence-electron chi connectivity index (χ3n) is 1.68. The van der Waals surface area contributed by atoms with Crippen molar-refractivity contribution in [2.45, 2.75) is 5.75 Å². The van der Waals surface area contributed by atoms with Crippen molar-refractivity contribution in [3.8, 4) is 0 Å². The molecule has 0 fully saturated rings. The molecule has 0 radical (unpaired) electrons. The van der Waals surface area contributed by atoms with Crippen molar-refractivity contribution < 1.29 is 4.21 Å². The lowest BCUT2D eigenvalue weighted by Gasteiger charge is -2.04. The molecule has 1 atom stereocenters. The first-order valence-corrected chi connectivity index (χ1v) is 6.78. The molecule has 0 amide bonds. The van der Waals surface area contributed by atoms with Gasteiger partial charge in [0.2, 0.25) is 0 Å². The van der Waals surface area contributed by atoms with Crippen LogP contribution >= 0.6 is 27.5 Å². The van der Waals surface area contributed by atoms with E-state index in [-0.39, 0.29) is 0 Å². The van der Waals surface area contributed by atoms with E-state index in [0.717, 1.165) is 10.0 Å². The number of rotatable bonds is 4. The molecule has 2 nitrogen and oxygen atoms in total. The molecule has 5 heteroatoms. The van der Waals surface area contributed by atoms with Gasteiger partial charge < -0.3 is 5.73 Å². The van der Waals surface area contributed by atoms with Gasteiger partial charge in [0.25, 0.3) is 0 Å². The van der Waals surface area contributed by atoms with Crippen LogP contribution in [-0.2, 0) is 16.6 Å². The van der Waals surface area contributed by atoms with Crippen molar-refractivity contribution in [2.75, 3.05) is 12.3 Å². The number of nitrogens with two attached hydrogens (primary N) is 1. The van der Waals surface area contributed by atoms with E-state index in [4.69, 9.17) is 17.3 Å². The van der Waals surface area contributed by atoms with Gasteiger partial charge in [-0.05, 0) is 17.7 Å². The number of benzene rings is 1. The smallest absolute Gasteiger partial charge is 0.0500 e. The fraction of sp³-hybridized carbons (Fsp3) is 0.333. The summed E-state index contributed by atoms with van der Waals surface area (Å²) in [6, 6.07) is 5.57. The maximum atomic E-state index is 11.4. The summed E-state index contributed by atoms with van der Waals surface area (Å²) < 4.78 is 12.3. The molecule has 1 aromatic rings. The highest BCUT2D eigenvalue weighted by Gasteiger charge is 2.05. The molecular weight excluding hydrogens is 286 g/mol. The average Bonchev–Trinajstić information content (AvgIpc) is 2.10. The number of hydrogen-bond acceptors (Lipinski definition) is 2. The quantitative estimate of drug-likeness (QED) is 0.926. The molecular formula is C9H11BrClNOS.